The van der Waals surface area contributed by atoms with E-state index < -0.39 is 0 Å². The van der Waals surface area contributed by atoms with Crippen LogP contribution in [0.15, 0.2) is 78.9 Å². The van der Waals surface area contributed by atoms with Gasteiger partial charge < -0.3 is 4.90 Å². The van der Waals surface area contributed by atoms with Crippen molar-refractivity contribution in [2.75, 3.05) is 4.90 Å². The van der Waals surface area contributed by atoms with E-state index in [1.807, 2.05) is 0 Å². The van der Waals surface area contributed by atoms with Crippen LogP contribution in [0.2, 0.25) is 0 Å². The lowest BCUT2D eigenvalue weighted by Gasteiger charge is -2.46. The minimum absolute atomic E-state index is 0.0389. The third-order valence-electron chi connectivity index (χ3n) is 7.56. The van der Waals surface area contributed by atoms with Gasteiger partial charge in [0.2, 0.25) is 6.71 Å². The number of rotatable bonds is 1. The molecule has 2 aliphatic heterocycles. The lowest BCUT2D eigenvalue weighted by Crippen LogP contribution is -2.64. The third-order valence-corrected chi connectivity index (χ3v) is 7.56. The Bertz CT molecular complexity index is 1380. The van der Waals surface area contributed by atoms with Gasteiger partial charge in [-0.05, 0) is 72.7 Å². The summed E-state index contributed by atoms with van der Waals surface area (Å²) in [5.41, 5.74) is 15.1. The fourth-order valence-electron chi connectivity index (χ4n) is 6.18. The van der Waals surface area contributed by atoms with Gasteiger partial charge in [-0.1, -0.05) is 85.0 Å². The van der Waals surface area contributed by atoms with Crippen LogP contribution in [-0.2, 0) is 5.41 Å². The summed E-state index contributed by atoms with van der Waals surface area (Å²) in [5, 5.41) is 0. The minimum Gasteiger partial charge on any atom is -0.312 e. The molecule has 4 aromatic carbocycles. The zero-order chi connectivity index (χ0) is 22.2. The molecule has 0 saturated carbocycles. The van der Waals surface area contributed by atoms with Gasteiger partial charge in [-0.2, -0.15) is 0 Å². The second-order valence-corrected chi connectivity index (χ2v) is 10.1. The quantitative estimate of drug-likeness (QED) is 0.326. The van der Waals surface area contributed by atoms with Crippen LogP contribution in [0.4, 0.5) is 17.1 Å². The Morgan fingerprint density at radius 3 is 2.16 bits per heavy atom. The smallest absolute Gasteiger partial charge is 0.247 e. The van der Waals surface area contributed by atoms with E-state index in [9.17, 15) is 0 Å². The van der Waals surface area contributed by atoms with Gasteiger partial charge in [0.15, 0.2) is 0 Å². The predicted octanol–water partition coefficient (Wildman–Crippen LogP) is 5.55. The summed E-state index contributed by atoms with van der Waals surface area (Å²) >= 11 is 0. The van der Waals surface area contributed by atoms with Crippen molar-refractivity contribution >= 4 is 40.2 Å². The van der Waals surface area contributed by atoms with E-state index in [2.05, 4.69) is 118 Å². The minimum atomic E-state index is -0.0389. The van der Waals surface area contributed by atoms with Gasteiger partial charge in [0.25, 0.3) is 0 Å². The van der Waals surface area contributed by atoms with E-state index in [0.717, 1.165) is 0 Å². The van der Waals surface area contributed by atoms with E-state index in [4.69, 9.17) is 0 Å². The standard InChI is InChI=1S/C30H28BN/c1-19-10-14-22(15-11-19)32-26-16-12-20(2)18-25(26)31-24-9-7-6-8-23(24)30(4,5)28-21(3)13-17-27(32)29(28)31/h6-18H,1-5H3. The number of aryl methyl sites for hydroxylation is 3. The van der Waals surface area contributed by atoms with Crippen LogP contribution in [0.5, 0.6) is 0 Å². The van der Waals surface area contributed by atoms with Crippen molar-refractivity contribution < 1.29 is 0 Å². The number of benzene rings is 4. The van der Waals surface area contributed by atoms with Crippen LogP contribution in [0.25, 0.3) is 0 Å². The molecule has 0 bridgehead atoms. The Morgan fingerprint density at radius 1 is 0.688 bits per heavy atom. The molecule has 0 spiro atoms. The largest absolute Gasteiger partial charge is 0.312 e. The van der Waals surface area contributed by atoms with Gasteiger partial charge in [-0.25, -0.2) is 0 Å². The fourth-order valence-corrected chi connectivity index (χ4v) is 6.18. The average Bonchev–Trinajstić information content (AvgIpc) is 2.77. The van der Waals surface area contributed by atoms with E-state index in [1.165, 1.54) is 61.3 Å². The van der Waals surface area contributed by atoms with Gasteiger partial charge in [-0.3, -0.25) is 0 Å². The van der Waals surface area contributed by atoms with E-state index in [0.29, 0.717) is 0 Å². The van der Waals surface area contributed by atoms with Crippen molar-refractivity contribution in [3.05, 3.63) is 107 Å². The highest BCUT2D eigenvalue weighted by atomic mass is 15.1. The van der Waals surface area contributed by atoms with Crippen molar-refractivity contribution in [2.24, 2.45) is 0 Å². The van der Waals surface area contributed by atoms with E-state index in [-0.39, 0.29) is 12.1 Å². The van der Waals surface area contributed by atoms with E-state index in [1.54, 1.807) is 0 Å². The van der Waals surface area contributed by atoms with Crippen molar-refractivity contribution in [3.63, 3.8) is 0 Å². The normalized spacial score (nSPS) is 15.2. The molecule has 0 unspecified atom stereocenters. The third kappa shape index (κ3) is 2.53. The van der Waals surface area contributed by atoms with Crippen LogP contribution in [0, 0.1) is 20.8 Å². The van der Waals surface area contributed by atoms with Crippen molar-refractivity contribution in [1.29, 1.82) is 0 Å². The molecule has 0 amide bonds. The molecule has 0 aromatic heterocycles. The maximum atomic E-state index is 2.48. The zero-order valence-corrected chi connectivity index (χ0v) is 19.5. The highest BCUT2D eigenvalue weighted by Crippen LogP contribution is 2.43. The maximum Gasteiger partial charge on any atom is 0.247 e. The Labute approximate surface area is 191 Å². The lowest BCUT2D eigenvalue weighted by molar-refractivity contribution is 0.641. The topological polar surface area (TPSA) is 3.24 Å². The molecule has 0 radical (unpaired) electrons. The highest BCUT2D eigenvalue weighted by Gasteiger charge is 2.46. The van der Waals surface area contributed by atoms with Crippen molar-refractivity contribution in [3.8, 4) is 0 Å². The zero-order valence-electron chi connectivity index (χ0n) is 19.5. The summed E-state index contributed by atoms with van der Waals surface area (Å²) in [6.07, 6.45) is 0. The van der Waals surface area contributed by atoms with Crippen LogP contribution in [0.1, 0.15) is 41.7 Å². The van der Waals surface area contributed by atoms with Gasteiger partial charge >= 0.3 is 0 Å². The first-order valence-corrected chi connectivity index (χ1v) is 11.6. The molecule has 32 heavy (non-hydrogen) atoms. The molecule has 0 atom stereocenters. The van der Waals surface area contributed by atoms with E-state index >= 15 is 0 Å². The van der Waals surface area contributed by atoms with Crippen LogP contribution in [-0.4, -0.2) is 6.71 Å². The van der Waals surface area contributed by atoms with Gasteiger partial charge in [-0.15, -0.1) is 0 Å². The summed E-state index contributed by atoms with van der Waals surface area (Å²) in [6, 6.07) is 29.7. The molecular formula is C30H28BN. The summed E-state index contributed by atoms with van der Waals surface area (Å²) in [7, 11) is 0. The van der Waals surface area contributed by atoms with Crippen molar-refractivity contribution in [1.82, 2.24) is 0 Å². The fraction of sp³-hybridized carbons (Fsp3) is 0.200. The summed E-state index contributed by atoms with van der Waals surface area (Å²) in [5.74, 6) is 0. The molecule has 6 rings (SSSR count). The van der Waals surface area contributed by atoms with Crippen LogP contribution >= 0.6 is 0 Å². The lowest BCUT2D eigenvalue weighted by atomic mass is 9.30. The predicted molar refractivity (Wildman–Crippen MR) is 139 cm³/mol. The Balaban J connectivity index is 1.76. The SMILES string of the molecule is Cc1ccc(N2c3ccc(C)cc3B3c4ccccc4C(C)(C)c4c(C)ccc2c43)cc1. The highest BCUT2D eigenvalue weighted by molar-refractivity contribution is 6.99. The second-order valence-electron chi connectivity index (χ2n) is 10.1. The van der Waals surface area contributed by atoms with Gasteiger partial charge in [0.05, 0.1) is 0 Å². The molecule has 0 N–H and O–H groups in total. The van der Waals surface area contributed by atoms with Crippen molar-refractivity contribution in [2.45, 2.75) is 40.0 Å². The Morgan fingerprint density at radius 2 is 1.38 bits per heavy atom. The molecule has 0 aliphatic carbocycles. The number of nitrogens with zero attached hydrogens (tertiary/aromatic N) is 1. The number of hydrogen-bond donors (Lipinski definition) is 0. The molecular weight excluding hydrogens is 385 g/mol. The first-order chi connectivity index (χ1) is 15.4. The molecule has 2 heteroatoms. The summed E-state index contributed by atoms with van der Waals surface area (Å²) in [6.45, 7) is 11.7. The number of anilines is 3. The maximum absolute atomic E-state index is 2.48. The molecule has 2 aliphatic rings. The Kier molecular flexibility index (Phi) is 4.02. The number of fused-ring (bicyclic) bond motifs is 4. The van der Waals surface area contributed by atoms with Gasteiger partial charge in [0.1, 0.15) is 0 Å². The monoisotopic (exact) mass is 413 g/mol. The first kappa shape index (κ1) is 19.4. The first-order valence-electron chi connectivity index (χ1n) is 11.6. The van der Waals surface area contributed by atoms with Crippen LogP contribution < -0.4 is 21.3 Å². The second kappa shape index (κ2) is 6.62. The summed E-state index contributed by atoms with van der Waals surface area (Å²) < 4.78 is 0. The molecule has 156 valence electrons. The molecule has 0 fully saturated rings. The van der Waals surface area contributed by atoms with Crippen LogP contribution in [0.3, 0.4) is 0 Å². The average molecular weight is 413 g/mol. The summed E-state index contributed by atoms with van der Waals surface area (Å²) in [4.78, 5) is 2.48. The number of hydrogen-bond acceptors (Lipinski definition) is 1. The molecule has 1 nitrogen and oxygen atoms in total. The Hall–Kier alpha value is -3.26. The van der Waals surface area contributed by atoms with Gasteiger partial charge in [0, 0.05) is 22.5 Å². The molecule has 2 heterocycles. The molecule has 0 saturated heterocycles. The molecule has 4 aromatic rings.